The molecule has 2 aliphatic rings. The molecule has 0 unspecified atom stereocenters. The minimum Gasteiger partial charge on any atom is -0.382 e. The van der Waals surface area contributed by atoms with Crippen molar-refractivity contribution >= 4 is 33.2 Å². The van der Waals surface area contributed by atoms with Gasteiger partial charge in [0.25, 0.3) is 5.91 Å². The number of carbonyl (C=O) groups is 1. The molecule has 3 atom stereocenters. The third-order valence-electron chi connectivity index (χ3n) is 8.24. The summed E-state index contributed by atoms with van der Waals surface area (Å²) >= 11 is 0. The molecule has 14 heteroatoms. The number of aromatic nitrogens is 7. The van der Waals surface area contributed by atoms with Crippen LogP contribution in [0.4, 0.5) is 11.8 Å². The van der Waals surface area contributed by atoms with Crippen molar-refractivity contribution in [1.29, 1.82) is 0 Å². The molecule has 0 aliphatic carbocycles. The molecule has 0 spiro atoms. The van der Waals surface area contributed by atoms with Crippen LogP contribution < -0.4 is 11.5 Å². The number of nitrogens with zero attached hydrogens (tertiary/aromatic N) is 7. The predicted molar refractivity (Wildman–Crippen MR) is 155 cm³/mol. The summed E-state index contributed by atoms with van der Waals surface area (Å²) in [6.07, 6.45) is 7.17. The molecule has 2 saturated heterocycles. The Kier molecular flexibility index (Phi) is 5.97. The zero-order valence-electron chi connectivity index (χ0n) is 22.7. The number of amides is 1. The molecule has 5 aromatic rings. The largest absolute Gasteiger partial charge is 0.382 e. The maximum Gasteiger partial charge on any atom is 0.291 e. The van der Waals surface area contributed by atoms with Crippen molar-refractivity contribution in [3.8, 4) is 22.4 Å². The molecule has 5 N–H and O–H groups in total. The average Bonchev–Trinajstić information content (AvgIpc) is 3.68. The Labute approximate surface area is 240 Å². The van der Waals surface area contributed by atoms with Crippen LogP contribution >= 0.6 is 0 Å². The summed E-state index contributed by atoms with van der Waals surface area (Å²) in [6.45, 7) is 0. The predicted octanol–water partition coefficient (Wildman–Crippen LogP) is 2.70. The summed E-state index contributed by atoms with van der Waals surface area (Å²) in [5.41, 5.74) is 16.3. The molecule has 7 rings (SSSR count). The standard InChI is InChI=1S/C28H28N10O3S/c1-42(40,41)23-22(17-11-18-8-9-19(12-17)37(18)27(39)25-34-28(30)36-35-25)33-26-20(14-32-38(26)24(23)29)16-7-10-21(31-13-16)15-5-3-2-4-6-15/h2-7,10,13-14,17-19H,8-9,11-12,29H2,1H3,(H3,30,34,35,36)/t17-,18+,19-. The van der Waals surface area contributed by atoms with Gasteiger partial charge in [0.15, 0.2) is 15.5 Å². The number of H-pyrrole nitrogens is 1. The lowest BCUT2D eigenvalue weighted by Gasteiger charge is -2.38. The molecule has 4 aromatic heterocycles. The third-order valence-corrected chi connectivity index (χ3v) is 9.40. The number of nitrogens with two attached hydrogens (primary N) is 2. The number of carbonyl (C=O) groups excluding carboxylic acids is 1. The third kappa shape index (κ3) is 4.26. The summed E-state index contributed by atoms with van der Waals surface area (Å²) in [7, 11) is -3.76. The fourth-order valence-corrected chi connectivity index (χ4v) is 7.49. The molecule has 1 amide bonds. The Morgan fingerprint density at radius 2 is 1.71 bits per heavy atom. The van der Waals surface area contributed by atoms with Gasteiger partial charge in [-0.1, -0.05) is 36.4 Å². The molecule has 1 aromatic carbocycles. The van der Waals surface area contributed by atoms with Crippen LogP contribution in [0.5, 0.6) is 0 Å². The molecule has 2 bridgehead atoms. The maximum atomic E-state index is 13.2. The Morgan fingerprint density at radius 1 is 0.976 bits per heavy atom. The van der Waals surface area contributed by atoms with E-state index in [1.54, 1.807) is 12.4 Å². The fraction of sp³-hybridized carbons (Fsp3) is 0.286. The molecule has 13 nitrogen and oxygen atoms in total. The molecule has 0 radical (unpaired) electrons. The SMILES string of the molecule is CS(=O)(=O)c1c([C@H]2C[C@H]3CC[C@@H](C2)N3C(=O)c2nc(N)n[nH]2)nc2c(-c3ccc(-c4ccccc4)nc3)cnn2c1N. The second kappa shape index (κ2) is 9.62. The number of piperidine rings is 1. The Morgan fingerprint density at radius 3 is 2.33 bits per heavy atom. The first kappa shape index (κ1) is 26.1. The van der Waals surface area contributed by atoms with Crippen LogP contribution in [0.25, 0.3) is 28.0 Å². The summed E-state index contributed by atoms with van der Waals surface area (Å²) in [6, 6.07) is 13.5. The van der Waals surface area contributed by atoms with Gasteiger partial charge in [0.1, 0.15) is 10.7 Å². The highest BCUT2D eigenvalue weighted by atomic mass is 32.2. The van der Waals surface area contributed by atoms with Gasteiger partial charge < -0.3 is 16.4 Å². The van der Waals surface area contributed by atoms with Gasteiger partial charge in [-0.25, -0.2) is 13.4 Å². The van der Waals surface area contributed by atoms with Crippen molar-refractivity contribution in [2.24, 2.45) is 0 Å². The van der Waals surface area contributed by atoms with E-state index in [0.717, 1.165) is 35.9 Å². The van der Waals surface area contributed by atoms with E-state index in [4.69, 9.17) is 16.5 Å². The molecule has 2 fully saturated rings. The first-order chi connectivity index (χ1) is 20.2. The minimum atomic E-state index is -3.76. The number of anilines is 2. The smallest absolute Gasteiger partial charge is 0.291 e. The number of hydrogen-bond acceptors (Lipinski definition) is 10. The van der Waals surface area contributed by atoms with Gasteiger partial charge in [-0.3, -0.25) is 14.9 Å². The highest BCUT2D eigenvalue weighted by molar-refractivity contribution is 7.91. The number of hydrogen-bond donors (Lipinski definition) is 3. The Balaban J connectivity index is 1.27. The topological polar surface area (TPSA) is 191 Å². The van der Waals surface area contributed by atoms with Gasteiger partial charge in [-0.05, 0) is 31.7 Å². The van der Waals surface area contributed by atoms with Gasteiger partial charge >= 0.3 is 0 Å². The molecule has 2 aliphatic heterocycles. The molecule has 0 saturated carbocycles. The van der Waals surface area contributed by atoms with Crippen molar-refractivity contribution in [3.63, 3.8) is 0 Å². The molecule has 42 heavy (non-hydrogen) atoms. The first-order valence-corrected chi connectivity index (χ1v) is 15.5. The molecule has 6 heterocycles. The zero-order chi connectivity index (χ0) is 29.2. The van der Waals surface area contributed by atoms with Gasteiger partial charge in [0, 0.05) is 47.1 Å². The fourth-order valence-electron chi connectivity index (χ4n) is 6.44. The number of nitrogens with one attached hydrogen (secondary N) is 1. The van der Waals surface area contributed by atoms with Crippen LogP contribution in [0.15, 0.2) is 59.8 Å². The lowest BCUT2D eigenvalue weighted by Crippen LogP contribution is -2.46. The van der Waals surface area contributed by atoms with Gasteiger partial charge in [-0.15, -0.1) is 5.10 Å². The minimum absolute atomic E-state index is 0.00729. The van der Waals surface area contributed by atoms with Crippen LogP contribution in [0.3, 0.4) is 0 Å². The van der Waals surface area contributed by atoms with E-state index >= 15 is 0 Å². The van der Waals surface area contributed by atoms with E-state index in [9.17, 15) is 13.2 Å². The Hall–Kier alpha value is -4.85. The van der Waals surface area contributed by atoms with Crippen molar-refractivity contribution in [3.05, 3.63) is 66.4 Å². The number of sulfone groups is 1. The van der Waals surface area contributed by atoms with Gasteiger partial charge in [0.05, 0.1) is 17.6 Å². The van der Waals surface area contributed by atoms with Crippen LogP contribution in [0.2, 0.25) is 0 Å². The van der Waals surface area contributed by atoms with Gasteiger partial charge in [0.2, 0.25) is 11.8 Å². The number of nitrogen functional groups attached to an aromatic ring is 2. The van der Waals surface area contributed by atoms with Crippen molar-refractivity contribution in [1.82, 2.24) is 39.7 Å². The van der Waals surface area contributed by atoms with E-state index in [1.807, 2.05) is 47.4 Å². The quantitative estimate of drug-likeness (QED) is 0.277. The van der Waals surface area contributed by atoms with E-state index < -0.39 is 9.84 Å². The van der Waals surface area contributed by atoms with E-state index in [0.29, 0.717) is 29.7 Å². The van der Waals surface area contributed by atoms with Gasteiger partial charge in [-0.2, -0.15) is 14.6 Å². The second-order valence-electron chi connectivity index (χ2n) is 10.9. The number of benzene rings is 1. The highest BCUT2D eigenvalue weighted by Gasteiger charge is 2.46. The number of fused-ring (bicyclic) bond motifs is 3. The summed E-state index contributed by atoms with van der Waals surface area (Å²) in [5.74, 6) is -0.377. The van der Waals surface area contributed by atoms with Crippen molar-refractivity contribution in [2.45, 2.75) is 48.6 Å². The van der Waals surface area contributed by atoms with Crippen molar-refractivity contribution in [2.75, 3.05) is 17.7 Å². The number of aromatic amines is 1. The lowest BCUT2D eigenvalue weighted by atomic mass is 9.87. The van der Waals surface area contributed by atoms with Crippen molar-refractivity contribution < 1.29 is 13.2 Å². The highest BCUT2D eigenvalue weighted by Crippen LogP contribution is 2.45. The number of rotatable bonds is 5. The zero-order valence-corrected chi connectivity index (χ0v) is 23.5. The lowest BCUT2D eigenvalue weighted by molar-refractivity contribution is 0.0556. The van der Waals surface area contributed by atoms with Crippen LogP contribution in [-0.2, 0) is 9.84 Å². The number of pyridine rings is 1. The van der Waals surface area contributed by atoms with Crippen LogP contribution in [-0.4, -0.2) is 72.3 Å². The summed E-state index contributed by atoms with van der Waals surface area (Å²) in [4.78, 5) is 28.6. The van der Waals surface area contributed by atoms with Crippen LogP contribution in [0, 0.1) is 0 Å². The second-order valence-corrected chi connectivity index (χ2v) is 12.8. The average molecular weight is 585 g/mol. The Bertz CT molecular complexity index is 1920. The maximum absolute atomic E-state index is 13.2. The summed E-state index contributed by atoms with van der Waals surface area (Å²) < 4.78 is 27.5. The first-order valence-electron chi connectivity index (χ1n) is 13.6. The monoisotopic (exact) mass is 584 g/mol. The van der Waals surface area contributed by atoms with E-state index in [1.165, 1.54) is 4.52 Å². The van der Waals surface area contributed by atoms with Crippen LogP contribution in [0.1, 0.15) is 47.9 Å². The molecule has 214 valence electrons. The normalized spacial score (nSPS) is 20.3. The van der Waals surface area contributed by atoms with E-state index in [2.05, 4.69) is 25.3 Å². The van der Waals surface area contributed by atoms with E-state index in [-0.39, 0.29) is 46.4 Å². The molecular weight excluding hydrogens is 556 g/mol. The molecular formula is C28H28N10O3S. The summed E-state index contributed by atoms with van der Waals surface area (Å²) in [5, 5.41) is 10.8.